The Morgan fingerprint density at radius 2 is 2.35 bits per heavy atom. The van der Waals surface area contributed by atoms with Crippen molar-refractivity contribution in [1.82, 2.24) is 10.3 Å². The van der Waals surface area contributed by atoms with Crippen molar-refractivity contribution < 1.29 is 14.3 Å². The lowest BCUT2D eigenvalue weighted by Gasteiger charge is -2.12. The van der Waals surface area contributed by atoms with E-state index in [2.05, 4.69) is 10.3 Å². The Hall–Kier alpha value is -1.69. The number of hydrogen-bond acceptors (Lipinski definition) is 5. The molecule has 0 spiro atoms. The maximum absolute atomic E-state index is 9.79. The second-order valence-corrected chi connectivity index (χ2v) is 4.68. The summed E-state index contributed by atoms with van der Waals surface area (Å²) in [6, 6.07) is 5.63. The lowest BCUT2D eigenvalue weighted by atomic mass is 10.1. The average Bonchev–Trinajstić information content (AvgIpc) is 2.94. The molecule has 0 bridgehead atoms. The minimum atomic E-state index is -0.535. The SMILES string of the molecule is Cc1cnccc1CNCC(O)COCc1ccco1. The summed E-state index contributed by atoms with van der Waals surface area (Å²) in [7, 11) is 0. The molecule has 0 aromatic carbocycles. The highest BCUT2D eigenvalue weighted by atomic mass is 16.5. The molecule has 0 aliphatic carbocycles. The number of aryl methyl sites for hydroxylation is 1. The number of nitrogens with one attached hydrogen (secondary N) is 1. The van der Waals surface area contributed by atoms with E-state index in [-0.39, 0.29) is 6.61 Å². The summed E-state index contributed by atoms with van der Waals surface area (Å²) in [6.07, 6.45) is 4.67. The van der Waals surface area contributed by atoms with Crippen LogP contribution in [0.5, 0.6) is 0 Å². The van der Waals surface area contributed by atoms with Crippen LogP contribution in [0, 0.1) is 6.92 Å². The average molecular weight is 276 g/mol. The Bertz CT molecular complexity index is 500. The molecule has 0 saturated heterocycles. The molecule has 2 rings (SSSR count). The summed E-state index contributed by atoms with van der Waals surface area (Å²) in [6.45, 7) is 3.88. The van der Waals surface area contributed by atoms with Gasteiger partial charge in [-0.2, -0.15) is 0 Å². The van der Waals surface area contributed by atoms with Gasteiger partial charge in [-0.05, 0) is 36.2 Å². The molecule has 5 heteroatoms. The molecule has 0 aliphatic rings. The number of aliphatic hydroxyl groups excluding tert-OH is 1. The van der Waals surface area contributed by atoms with Gasteiger partial charge < -0.3 is 19.6 Å². The Labute approximate surface area is 118 Å². The fraction of sp³-hybridized carbons (Fsp3) is 0.400. The van der Waals surface area contributed by atoms with Crippen LogP contribution in [0.2, 0.25) is 0 Å². The molecule has 20 heavy (non-hydrogen) atoms. The Morgan fingerprint density at radius 3 is 3.10 bits per heavy atom. The molecule has 5 nitrogen and oxygen atoms in total. The molecular weight excluding hydrogens is 256 g/mol. The van der Waals surface area contributed by atoms with Gasteiger partial charge in [0.15, 0.2) is 0 Å². The highest BCUT2D eigenvalue weighted by Gasteiger charge is 2.05. The van der Waals surface area contributed by atoms with Crippen LogP contribution >= 0.6 is 0 Å². The Kier molecular flexibility index (Phi) is 5.73. The monoisotopic (exact) mass is 276 g/mol. The standard InChI is InChI=1S/C15H20N2O3/c1-12-7-16-5-4-13(12)8-17-9-14(18)10-19-11-15-3-2-6-20-15/h2-7,14,17-18H,8-11H2,1H3. The van der Waals surface area contributed by atoms with Crippen LogP contribution in [0.3, 0.4) is 0 Å². The van der Waals surface area contributed by atoms with E-state index in [9.17, 15) is 5.11 Å². The van der Waals surface area contributed by atoms with Gasteiger partial charge >= 0.3 is 0 Å². The fourth-order valence-corrected chi connectivity index (χ4v) is 1.82. The van der Waals surface area contributed by atoms with Gasteiger partial charge in [0, 0.05) is 25.5 Å². The minimum Gasteiger partial charge on any atom is -0.467 e. The maximum Gasteiger partial charge on any atom is 0.129 e. The zero-order valence-corrected chi connectivity index (χ0v) is 11.6. The topological polar surface area (TPSA) is 67.5 Å². The summed E-state index contributed by atoms with van der Waals surface area (Å²) in [5.74, 6) is 0.762. The van der Waals surface area contributed by atoms with Crippen molar-refractivity contribution in [2.75, 3.05) is 13.2 Å². The first kappa shape index (κ1) is 14.7. The van der Waals surface area contributed by atoms with E-state index in [1.54, 1.807) is 12.5 Å². The van der Waals surface area contributed by atoms with Crippen molar-refractivity contribution in [3.8, 4) is 0 Å². The van der Waals surface area contributed by atoms with E-state index < -0.39 is 6.10 Å². The number of rotatable bonds is 8. The zero-order chi connectivity index (χ0) is 14.2. The van der Waals surface area contributed by atoms with Crippen LogP contribution in [0.25, 0.3) is 0 Å². The molecule has 2 N–H and O–H groups in total. The highest BCUT2D eigenvalue weighted by molar-refractivity contribution is 5.21. The second kappa shape index (κ2) is 7.79. The van der Waals surface area contributed by atoms with Gasteiger partial charge in [0.05, 0.1) is 19.0 Å². The molecule has 0 saturated carbocycles. The molecule has 0 radical (unpaired) electrons. The van der Waals surface area contributed by atoms with Crippen LogP contribution in [0.4, 0.5) is 0 Å². The van der Waals surface area contributed by atoms with Crippen LogP contribution in [-0.2, 0) is 17.9 Å². The molecule has 0 aliphatic heterocycles. The molecule has 108 valence electrons. The summed E-state index contributed by atoms with van der Waals surface area (Å²) in [5.41, 5.74) is 2.33. The normalized spacial score (nSPS) is 12.5. The van der Waals surface area contributed by atoms with E-state index in [0.717, 1.165) is 11.3 Å². The van der Waals surface area contributed by atoms with Gasteiger partial charge in [0.2, 0.25) is 0 Å². The third-order valence-corrected chi connectivity index (χ3v) is 2.97. The quantitative estimate of drug-likeness (QED) is 0.767. The molecule has 0 fully saturated rings. The number of pyridine rings is 1. The van der Waals surface area contributed by atoms with Crippen LogP contribution in [-0.4, -0.2) is 29.3 Å². The first-order valence-electron chi connectivity index (χ1n) is 6.64. The van der Waals surface area contributed by atoms with Gasteiger partial charge in [0.25, 0.3) is 0 Å². The molecule has 1 unspecified atom stereocenters. The molecule has 0 amide bonds. The first-order chi connectivity index (χ1) is 9.75. The van der Waals surface area contributed by atoms with Gasteiger partial charge in [-0.3, -0.25) is 4.98 Å². The maximum atomic E-state index is 9.79. The lowest BCUT2D eigenvalue weighted by Crippen LogP contribution is -2.30. The molecule has 1 atom stereocenters. The summed E-state index contributed by atoms with van der Waals surface area (Å²) in [5, 5.41) is 13.0. The summed E-state index contributed by atoms with van der Waals surface area (Å²) in [4.78, 5) is 4.05. The lowest BCUT2D eigenvalue weighted by molar-refractivity contribution is 0.0225. The van der Waals surface area contributed by atoms with Crippen molar-refractivity contribution in [3.05, 3.63) is 53.7 Å². The van der Waals surface area contributed by atoms with E-state index >= 15 is 0 Å². The molecule has 2 aromatic heterocycles. The molecule has 2 aromatic rings. The van der Waals surface area contributed by atoms with E-state index in [1.807, 2.05) is 31.3 Å². The first-order valence-corrected chi connectivity index (χ1v) is 6.64. The van der Waals surface area contributed by atoms with E-state index in [1.165, 1.54) is 5.56 Å². The Balaban J connectivity index is 1.60. The minimum absolute atomic E-state index is 0.281. The third-order valence-electron chi connectivity index (χ3n) is 2.97. The van der Waals surface area contributed by atoms with Gasteiger partial charge in [-0.15, -0.1) is 0 Å². The highest BCUT2D eigenvalue weighted by Crippen LogP contribution is 2.04. The van der Waals surface area contributed by atoms with Gasteiger partial charge in [0.1, 0.15) is 12.4 Å². The molecular formula is C15H20N2O3. The van der Waals surface area contributed by atoms with Gasteiger partial charge in [-0.25, -0.2) is 0 Å². The summed E-state index contributed by atoms with van der Waals surface area (Å²) >= 11 is 0. The fourth-order valence-electron chi connectivity index (χ4n) is 1.82. The van der Waals surface area contributed by atoms with Gasteiger partial charge in [-0.1, -0.05) is 0 Å². The second-order valence-electron chi connectivity index (χ2n) is 4.68. The number of ether oxygens (including phenoxy) is 1. The number of nitrogens with zero attached hydrogens (tertiary/aromatic N) is 1. The van der Waals surface area contributed by atoms with E-state index in [0.29, 0.717) is 19.7 Å². The predicted octanol–water partition coefficient (Wildman–Crippen LogP) is 1.65. The number of aliphatic hydroxyl groups is 1. The predicted molar refractivity (Wildman–Crippen MR) is 75.1 cm³/mol. The van der Waals surface area contributed by atoms with Crippen molar-refractivity contribution in [2.45, 2.75) is 26.2 Å². The van der Waals surface area contributed by atoms with Crippen LogP contribution in [0.15, 0.2) is 41.3 Å². The number of hydrogen-bond donors (Lipinski definition) is 2. The summed E-state index contributed by atoms with van der Waals surface area (Å²) < 4.78 is 10.5. The number of aromatic nitrogens is 1. The van der Waals surface area contributed by atoms with Crippen LogP contribution in [0.1, 0.15) is 16.9 Å². The third kappa shape index (κ3) is 4.77. The largest absolute Gasteiger partial charge is 0.467 e. The number of furan rings is 1. The smallest absolute Gasteiger partial charge is 0.129 e. The zero-order valence-electron chi connectivity index (χ0n) is 11.6. The van der Waals surface area contributed by atoms with Crippen molar-refractivity contribution in [1.29, 1.82) is 0 Å². The van der Waals surface area contributed by atoms with Crippen molar-refractivity contribution in [2.24, 2.45) is 0 Å². The van der Waals surface area contributed by atoms with Crippen molar-refractivity contribution in [3.63, 3.8) is 0 Å². The Morgan fingerprint density at radius 1 is 1.45 bits per heavy atom. The van der Waals surface area contributed by atoms with Crippen LogP contribution < -0.4 is 5.32 Å². The molecule has 2 heterocycles. The van der Waals surface area contributed by atoms with E-state index in [4.69, 9.17) is 9.15 Å². The van der Waals surface area contributed by atoms with Crippen molar-refractivity contribution >= 4 is 0 Å².